The van der Waals surface area contributed by atoms with Gasteiger partial charge in [-0.3, -0.25) is 14.4 Å². The van der Waals surface area contributed by atoms with E-state index in [-0.39, 0.29) is 38.4 Å². The summed E-state index contributed by atoms with van der Waals surface area (Å²) < 4.78 is 26.4. The Morgan fingerprint density at radius 3 is 1.98 bits per heavy atom. The number of hydrogen-bond donors (Lipinski definition) is 2. The lowest BCUT2D eigenvalue weighted by atomic mass is 10.1. The van der Waals surface area contributed by atoms with E-state index in [0.29, 0.717) is 40.6 Å². The van der Waals surface area contributed by atoms with Crippen molar-refractivity contribution >= 4 is 87.8 Å². The SMILES string of the molecule is O=C1Cc2ccc(Cl)nc2N1.O=C1Nc2nc(Cl)ccc2C1=Cc1ccnc(Cl)c1F.O=Cc1ccnc(Cl)c1F. The monoisotopic (exact) mass is 636 g/mol. The van der Waals surface area contributed by atoms with E-state index in [2.05, 4.69) is 30.6 Å². The molecule has 6 rings (SSSR count). The van der Waals surface area contributed by atoms with Gasteiger partial charge in [0, 0.05) is 29.1 Å². The lowest BCUT2D eigenvalue weighted by Crippen LogP contribution is -2.04. The Morgan fingerprint density at radius 1 is 0.756 bits per heavy atom. The van der Waals surface area contributed by atoms with E-state index in [9.17, 15) is 23.2 Å². The van der Waals surface area contributed by atoms with Gasteiger partial charge in [-0.2, -0.15) is 0 Å². The summed E-state index contributed by atoms with van der Waals surface area (Å²) in [6, 6.07) is 9.39. The van der Waals surface area contributed by atoms with Crippen molar-refractivity contribution < 1.29 is 23.2 Å². The molecule has 2 aliphatic rings. The number of carbonyl (C=O) groups excluding carboxylic acids is 3. The highest BCUT2D eigenvalue weighted by molar-refractivity contribution is 6.35. The molecular formula is C26H14Cl4F2N6O3. The van der Waals surface area contributed by atoms with E-state index < -0.39 is 11.6 Å². The summed E-state index contributed by atoms with van der Waals surface area (Å²) in [5.74, 6) is -0.877. The average Bonchev–Trinajstić information content (AvgIpc) is 3.46. The molecule has 0 bridgehead atoms. The second kappa shape index (κ2) is 13.1. The molecule has 0 aromatic carbocycles. The predicted octanol–water partition coefficient (Wildman–Crippen LogP) is 6.33. The first-order valence-electron chi connectivity index (χ1n) is 11.3. The Labute approximate surface area is 250 Å². The number of fused-ring (bicyclic) bond motifs is 2. The normalized spacial score (nSPS) is 13.7. The quantitative estimate of drug-likeness (QED) is 0.149. The number of amides is 2. The van der Waals surface area contributed by atoms with Crippen LogP contribution in [0.2, 0.25) is 20.6 Å². The maximum Gasteiger partial charge on any atom is 0.257 e. The first-order chi connectivity index (χ1) is 19.6. The van der Waals surface area contributed by atoms with Crippen LogP contribution in [0.5, 0.6) is 0 Å². The molecule has 4 aromatic rings. The van der Waals surface area contributed by atoms with Gasteiger partial charge in [-0.25, -0.2) is 28.7 Å². The van der Waals surface area contributed by atoms with Crippen LogP contribution in [0.1, 0.15) is 27.0 Å². The van der Waals surface area contributed by atoms with Crippen molar-refractivity contribution in [2.45, 2.75) is 6.42 Å². The predicted molar refractivity (Wildman–Crippen MR) is 151 cm³/mol. The lowest BCUT2D eigenvalue weighted by Gasteiger charge is -2.00. The summed E-state index contributed by atoms with van der Waals surface area (Å²) >= 11 is 22.2. The van der Waals surface area contributed by atoms with Gasteiger partial charge in [-0.15, -0.1) is 0 Å². The summed E-state index contributed by atoms with van der Waals surface area (Å²) in [7, 11) is 0. The van der Waals surface area contributed by atoms with Crippen LogP contribution in [-0.2, 0) is 16.0 Å². The van der Waals surface area contributed by atoms with Gasteiger partial charge < -0.3 is 10.6 Å². The second-order valence-electron chi connectivity index (χ2n) is 8.04. The van der Waals surface area contributed by atoms with Crippen LogP contribution in [0, 0.1) is 11.6 Å². The van der Waals surface area contributed by atoms with Gasteiger partial charge in [0.25, 0.3) is 5.91 Å². The highest BCUT2D eigenvalue weighted by Crippen LogP contribution is 2.33. The molecule has 0 saturated heterocycles. The minimum absolute atomic E-state index is 0.0187. The van der Waals surface area contributed by atoms with Gasteiger partial charge in [0.2, 0.25) is 5.91 Å². The van der Waals surface area contributed by atoms with Crippen LogP contribution < -0.4 is 10.6 Å². The maximum atomic E-state index is 13.8. The molecule has 2 N–H and O–H groups in total. The standard InChI is InChI=1S/C13H6Cl2FN3O.C7H5ClN2O.C6H3ClFNO/c14-9-2-1-7-8(13(20)19-12(7)18-9)5-6-3-4-17-11(15)10(6)16;8-5-2-1-4-3-6(11)10-7(4)9-5;7-6-5(8)4(3-10)1-2-9-6/h1-5H,(H,18,19,20);1-2H,3H2,(H,9,10,11);1-3H. The summed E-state index contributed by atoms with van der Waals surface area (Å²) in [4.78, 5) is 47.8. The van der Waals surface area contributed by atoms with E-state index in [1.54, 1.807) is 18.2 Å². The third kappa shape index (κ3) is 7.19. The number of carbonyl (C=O) groups is 3. The van der Waals surface area contributed by atoms with Gasteiger partial charge in [0.15, 0.2) is 28.2 Å². The Bertz CT molecular complexity index is 1720. The zero-order valence-electron chi connectivity index (χ0n) is 20.3. The van der Waals surface area contributed by atoms with E-state index in [4.69, 9.17) is 46.4 Å². The number of rotatable bonds is 2. The topological polar surface area (TPSA) is 127 Å². The van der Waals surface area contributed by atoms with Gasteiger partial charge >= 0.3 is 0 Å². The van der Waals surface area contributed by atoms with Crippen LogP contribution in [0.3, 0.4) is 0 Å². The average molecular weight is 638 g/mol. The summed E-state index contributed by atoms with van der Waals surface area (Å²) in [6.45, 7) is 0. The lowest BCUT2D eigenvalue weighted by molar-refractivity contribution is -0.115. The molecule has 0 radical (unpaired) electrons. The molecule has 0 atom stereocenters. The molecule has 2 amide bonds. The highest BCUT2D eigenvalue weighted by Gasteiger charge is 2.26. The molecule has 15 heteroatoms. The molecule has 0 saturated carbocycles. The molecule has 4 aromatic heterocycles. The van der Waals surface area contributed by atoms with Gasteiger partial charge in [0.05, 0.1) is 17.6 Å². The Morgan fingerprint density at radius 2 is 1.34 bits per heavy atom. The number of hydrogen-bond acceptors (Lipinski definition) is 7. The molecule has 6 heterocycles. The van der Waals surface area contributed by atoms with Crippen molar-refractivity contribution in [2.24, 2.45) is 0 Å². The molecule has 208 valence electrons. The number of pyridine rings is 4. The highest BCUT2D eigenvalue weighted by atomic mass is 35.5. The minimum atomic E-state index is -0.765. The fraction of sp³-hybridized carbons (Fsp3) is 0.0385. The maximum absolute atomic E-state index is 13.8. The summed E-state index contributed by atoms with van der Waals surface area (Å²) in [6.07, 6.45) is 4.85. The summed E-state index contributed by atoms with van der Waals surface area (Å²) in [5.41, 5.74) is 1.88. The van der Waals surface area contributed by atoms with Crippen LogP contribution in [0.4, 0.5) is 20.4 Å². The van der Waals surface area contributed by atoms with Crippen molar-refractivity contribution in [3.8, 4) is 0 Å². The van der Waals surface area contributed by atoms with E-state index in [1.807, 2.05) is 6.07 Å². The molecule has 41 heavy (non-hydrogen) atoms. The van der Waals surface area contributed by atoms with Gasteiger partial charge in [-0.05, 0) is 36.4 Å². The Kier molecular flexibility index (Phi) is 9.56. The summed E-state index contributed by atoms with van der Waals surface area (Å²) in [5, 5.41) is 5.33. The van der Waals surface area contributed by atoms with Crippen molar-refractivity contribution in [1.29, 1.82) is 0 Å². The molecule has 2 aliphatic heterocycles. The Hall–Kier alpha value is -4.03. The van der Waals surface area contributed by atoms with Crippen LogP contribution in [0.25, 0.3) is 11.6 Å². The molecular weight excluding hydrogens is 624 g/mol. The van der Waals surface area contributed by atoms with E-state index >= 15 is 0 Å². The van der Waals surface area contributed by atoms with Crippen LogP contribution in [0.15, 0.2) is 48.8 Å². The fourth-order valence-electron chi connectivity index (χ4n) is 3.47. The number of aromatic nitrogens is 4. The van der Waals surface area contributed by atoms with Gasteiger partial charge in [0.1, 0.15) is 21.9 Å². The fourth-order valence-corrected chi connectivity index (χ4v) is 4.10. The van der Waals surface area contributed by atoms with E-state index in [0.717, 1.165) is 5.56 Å². The molecule has 0 spiro atoms. The number of nitrogens with one attached hydrogen (secondary N) is 2. The first-order valence-corrected chi connectivity index (χ1v) is 12.8. The minimum Gasteiger partial charge on any atom is -0.310 e. The van der Waals surface area contributed by atoms with Crippen molar-refractivity contribution in [2.75, 3.05) is 10.6 Å². The number of nitrogens with zero attached hydrogens (tertiary/aromatic N) is 4. The third-order valence-corrected chi connectivity index (χ3v) is 6.31. The second-order valence-corrected chi connectivity index (χ2v) is 9.53. The number of anilines is 2. The van der Waals surface area contributed by atoms with Crippen LogP contribution >= 0.6 is 46.4 Å². The van der Waals surface area contributed by atoms with Gasteiger partial charge in [-0.1, -0.05) is 52.5 Å². The smallest absolute Gasteiger partial charge is 0.257 e. The molecule has 0 fully saturated rings. The molecule has 9 nitrogen and oxygen atoms in total. The first kappa shape index (κ1) is 29.9. The van der Waals surface area contributed by atoms with E-state index in [1.165, 1.54) is 30.6 Å². The largest absolute Gasteiger partial charge is 0.310 e. The molecule has 0 aliphatic carbocycles. The van der Waals surface area contributed by atoms with Crippen molar-refractivity contribution in [3.05, 3.63) is 103 Å². The zero-order valence-corrected chi connectivity index (χ0v) is 23.3. The zero-order chi connectivity index (χ0) is 29.7. The number of aldehydes is 1. The number of halogens is 6. The van der Waals surface area contributed by atoms with Crippen molar-refractivity contribution in [3.63, 3.8) is 0 Å². The third-order valence-electron chi connectivity index (χ3n) is 5.36. The van der Waals surface area contributed by atoms with Crippen LogP contribution in [-0.4, -0.2) is 38.0 Å². The Balaban J connectivity index is 0.000000156. The van der Waals surface area contributed by atoms with Crippen molar-refractivity contribution in [1.82, 2.24) is 19.9 Å². The molecule has 0 unspecified atom stereocenters.